The largest absolute Gasteiger partial charge is 0.469 e. The van der Waals surface area contributed by atoms with Gasteiger partial charge in [0.05, 0.1) is 13.0 Å². The summed E-state index contributed by atoms with van der Waals surface area (Å²) in [6.45, 7) is 6.79. The number of carbonyl (C=O) groups excluding carboxylic acids is 3. The molecule has 1 unspecified atom stereocenters. The van der Waals surface area contributed by atoms with Crippen LogP contribution < -0.4 is 0 Å². The quantitative estimate of drug-likeness (QED) is 0.543. The summed E-state index contributed by atoms with van der Waals surface area (Å²) in [4.78, 5) is 37.0. The van der Waals surface area contributed by atoms with E-state index >= 15 is 0 Å². The van der Waals surface area contributed by atoms with Crippen LogP contribution in [0.1, 0.15) is 52.9 Å². The van der Waals surface area contributed by atoms with Crippen LogP contribution in [0.2, 0.25) is 0 Å². The summed E-state index contributed by atoms with van der Waals surface area (Å²) in [5.74, 6) is 1.07. The summed E-state index contributed by atoms with van der Waals surface area (Å²) in [5.41, 5.74) is -0.00365. The summed E-state index contributed by atoms with van der Waals surface area (Å²) in [6, 6.07) is 0. The molecule has 0 N–H and O–H groups in total. The van der Waals surface area contributed by atoms with Crippen LogP contribution in [0, 0.1) is 11.3 Å². The SMILES string of the molecule is COC(=O)C1CC2(CCC1=C=O)CCN(C(=O)OC(C)(C)C)CC2. The highest BCUT2D eigenvalue weighted by atomic mass is 16.6. The van der Waals surface area contributed by atoms with E-state index in [2.05, 4.69) is 0 Å². The molecule has 24 heavy (non-hydrogen) atoms. The van der Waals surface area contributed by atoms with E-state index in [1.807, 2.05) is 26.7 Å². The first-order valence-corrected chi connectivity index (χ1v) is 8.49. The second kappa shape index (κ2) is 6.98. The fraction of sp³-hybridized carbons (Fsp3) is 0.778. The number of nitrogens with zero attached hydrogens (tertiary/aromatic N) is 1. The number of carbonyl (C=O) groups is 2. The molecule has 0 aromatic heterocycles. The van der Waals surface area contributed by atoms with Crippen molar-refractivity contribution in [3.8, 4) is 0 Å². The summed E-state index contributed by atoms with van der Waals surface area (Å²) in [6.07, 6.45) is 3.37. The van der Waals surface area contributed by atoms with Gasteiger partial charge in [0.15, 0.2) is 0 Å². The molecular formula is C18H27NO5. The molecular weight excluding hydrogens is 310 g/mol. The fourth-order valence-corrected chi connectivity index (χ4v) is 3.67. The standard InChI is InChI=1S/C18H27NO5/c1-17(2,3)24-16(22)19-9-7-18(8-10-19)6-5-13(12-20)14(11-18)15(21)23-4/h14H,5-11H2,1-4H3. The molecule has 6 nitrogen and oxygen atoms in total. The van der Waals surface area contributed by atoms with Gasteiger partial charge in [0, 0.05) is 18.7 Å². The Bertz CT molecular complexity index is 548. The van der Waals surface area contributed by atoms with Gasteiger partial charge in [-0.05, 0) is 58.3 Å². The highest BCUT2D eigenvalue weighted by molar-refractivity contribution is 5.79. The second-order valence-electron chi connectivity index (χ2n) is 7.87. The molecule has 1 aliphatic carbocycles. The second-order valence-corrected chi connectivity index (χ2v) is 7.87. The van der Waals surface area contributed by atoms with Gasteiger partial charge in [-0.2, -0.15) is 0 Å². The summed E-state index contributed by atoms with van der Waals surface area (Å²) in [5, 5.41) is 0. The average Bonchev–Trinajstić information content (AvgIpc) is 2.53. The van der Waals surface area contributed by atoms with E-state index in [1.165, 1.54) is 7.11 Å². The predicted molar refractivity (Wildman–Crippen MR) is 88.0 cm³/mol. The minimum Gasteiger partial charge on any atom is -0.469 e. The number of esters is 1. The van der Waals surface area contributed by atoms with Gasteiger partial charge in [0.1, 0.15) is 11.5 Å². The molecule has 134 valence electrons. The fourth-order valence-electron chi connectivity index (χ4n) is 3.67. The first kappa shape index (κ1) is 18.5. The lowest BCUT2D eigenvalue weighted by atomic mass is 9.63. The lowest BCUT2D eigenvalue weighted by Crippen LogP contribution is -2.47. The molecule has 1 atom stereocenters. The van der Waals surface area contributed by atoms with Crippen molar-refractivity contribution >= 4 is 18.0 Å². The minimum absolute atomic E-state index is 0.0162. The van der Waals surface area contributed by atoms with Gasteiger partial charge in [0.2, 0.25) is 0 Å². The zero-order chi connectivity index (χ0) is 18.0. The van der Waals surface area contributed by atoms with E-state index in [0.29, 0.717) is 31.5 Å². The van der Waals surface area contributed by atoms with Crippen molar-refractivity contribution in [2.75, 3.05) is 20.2 Å². The Kier molecular flexibility index (Phi) is 5.38. The molecule has 0 aromatic carbocycles. The van der Waals surface area contributed by atoms with Gasteiger partial charge in [-0.3, -0.25) is 4.79 Å². The molecule has 1 spiro atoms. The van der Waals surface area contributed by atoms with E-state index < -0.39 is 11.5 Å². The van der Waals surface area contributed by atoms with Crippen molar-refractivity contribution in [3.63, 3.8) is 0 Å². The number of hydrogen-bond donors (Lipinski definition) is 0. The van der Waals surface area contributed by atoms with E-state index in [4.69, 9.17) is 9.47 Å². The predicted octanol–water partition coefficient (Wildman–Crippen LogP) is 2.73. The van der Waals surface area contributed by atoms with Crippen molar-refractivity contribution in [1.29, 1.82) is 0 Å². The van der Waals surface area contributed by atoms with Crippen molar-refractivity contribution in [3.05, 3.63) is 5.57 Å². The van der Waals surface area contributed by atoms with Crippen molar-refractivity contribution in [1.82, 2.24) is 4.90 Å². The maximum atomic E-state index is 12.2. The first-order chi connectivity index (χ1) is 11.2. The molecule has 0 radical (unpaired) electrons. The smallest absolute Gasteiger partial charge is 0.410 e. The molecule has 1 saturated heterocycles. The maximum absolute atomic E-state index is 12.2. The number of ether oxygens (including phenoxy) is 2. The molecule has 1 saturated carbocycles. The molecule has 2 rings (SSSR count). The Morgan fingerprint density at radius 1 is 1.21 bits per heavy atom. The maximum Gasteiger partial charge on any atom is 0.410 e. The number of likely N-dealkylation sites (tertiary alicyclic amines) is 1. The van der Waals surface area contributed by atoms with E-state index in [0.717, 1.165) is 19.3 Å². The monoisotopic (exact) mass is 337 g/mol. The number of methoxy groups -OCH3 is 1. The van der Waals surface area contributed by atoms with Crippen molar-refractivity contribution < 1.29 is 23.9 Å². The van der Waals surface area contributed by atoms with Gasteiger partial charge >= 0.3 is 12.1 Å². The van der Waals surface area contributed by atoms with Gasteiger partial charge in [-0.25, -0.2) is 9.59 Å². The Morgan fingerprint density at radius 2 is 1.83 bits per heavy atom. The van der Waals surface area contributed by atoms with E-state index in [-0.39, 0.29) is 17.5 Å². The summed E-state index contributed by atoms with van der Waals surface area (Å²) in [7, 11) is 1.34. The van der Waals surface area contributed by atoms with Crippen LogP contribution in [-0.2, 0) is 19.1 Å². The topological polar surface area (TPSA) is 72.9 Å². The molecule has 2 aliphatic rings. The Labute approximate surface area is 143 Å². The van der Waals surface area contributed by atoms with Crippen LogP contribution in [0.25, 0.3) is 0 Å². The lowest BCUT2D eigenvalue weighted by molar-refractivity contribution is -0.146. The summed E-state index contributed by atoms with van der Waals surface area (Å²) < 4.78 is 10.3. The number of piperidine rings is 1. The Hall–Kier alpha value is -1.81. The van der Waals surface area contributed by atoms with Gasteiger partial charge in [-0.15, -0.1) is 0 Å². The number of amides is 1. The average molecular weight is 337 g/mol. The van der Waals surface area contributed by atoms with Gasteiger partial charge in [0.25, 0.3) is 0 Å². The van der Waals surface area contributed by atoms with Crippen LogP contribution in [0.3, 0.4) is 0 Å². The van der Waals surface area contributed by atoms with Crippen LogP contribution >= 0.6 is 0 Å². The molecule has 0 aromatic rings. The minimum atomic E-state index is -0.503. The molecule has 2 fully saturated rings. The van der Waals surface area contributed by atoms with Crippen LogP contribution in [0.4, 0.5) is 4.79 Å². The van der Waals surface area contributed by atoms with E-state index in [9.17, 15) is 14.4 Å². The lowest BCUT2D eigenvalue weighted by Gasteiger charge is -2.46. The molecule has 1 heterocycles. The Balaban J connectivity index is 2.01. The molecule has 1 amide bonds. The number of rotatable bonds is 1. The first-order valence-electron chi connectivity index (χ1n) is 8.49. The zero-order valence-corrected chi connectivity index (χ0v) is 15.0. The van der Waals surface area contributed by atoms with Crippen LogP contribution in [0.5, 0.6) is 0 Å². The third-order valence-corrected chi connectivity index (χ3v) is 5.08. The highest BCUT2D eigenvalue weighted by Crippen LogP contribution is 2.48. The normalized spacial score (nSPS) is 23.6. The van der Waals surface area contributed by atoms with Crippen molar-refractivity contribution in [2.24, 2.45) is 11.3 Å². The third kappa shape index (κ3) is 4.18. The highest BCUT2D eigenvalue weighted by Gasteiger charge is 2.44. The molecule has 6 heteroatoms. The molecule has 1 aliphatic heterocycles. The number of hydrogen-bond acceptors (Lipinski definition) is 5. The van der Waals surface area contributed by atoms with Gasteiger partial charge in [-0.1, -0.05) is 0 Å². The molecule has 0 bridgehead atoms. The van der Waals surface area contributed by atoms with Crippen molar-refractivity contribution in [2.45, 2.75) is 58.5 Å². The van der Waals surface area contributed by atoms with Crippen LogP contribution in [-0.4, -0.2) is 48.7 Å². The van der Waals surface area contributed by atoms with Crippen LogP contribution in [0.15, 0.2) is 5.57 Å². The van der Waals surface area contributed by atoms with Gasteiger partial charge < -0.3 is 14.4 Å². The third-order valence-electron chi connectivity index (χ3n) is 5.08. The summed E-state index contributed by atoms with van der Waals surface area (Å²) >= 11 is 0. The zero-order valence-electron chi connectivity index (χ0n) is 15.0. The Morgan fingerprint density at radius 3 is 2.33 bits per heavy atom. The van der Waals surface area contributed by atoms with E-state index in [1.54, 1.807) is 4.90 Å².